The summed E-state index contributed by atoms with van der Waals surface area (Å²) in [6.45, 7) is 2.14. The predicted molar refractivity (Wildman–Crippen MR) is 85.9 cm³/mol. The summed E-state index contributed by atoms with van der Waals surface area (Å²) >= 11 is 5.77. The molecular weight excluding hydrogens is 321 g/mol. The van der Waals surface area contributed by atoms with Crippen LogP contribution < -0.4 is 15.5 Å². The van der Waals surface area contributed by atoms with E-state index < -0.39 is 11.9 Å². The third-order valence-electron chi connectivity index (χ3n) is 4.45. The minimum atomic E-state index is -0.516. The van der Waals surface area contributed by atoms with Gasteiger partial charge in [-0.3, -0.25) is 9.59 Å². The van der Waals surface area contributed by atoms with E-state index >= 15 is 0 Å². The number of hydrogen-bond acceptors (Lipinski definition) is 3. The molecule has 2 aliphatic rings. The van der Waals surface area contributed by atoms with E-state index in [0.29, 0.717) is 18.7 Å². The molecule has 0 radical (unpaired) electrons. The van der Waals surface area contributed by atoms with Crippen LogP contribution in [-0.4, -0.2) is 37.5 Å². The number of nitrogens with zero attached hydrogens (tertiary/aromatic N) is 1. The first-order valence-corrected chi connectivity index (χ1v) is 8.21. The summed E-state index contributed by atoms with van der Waals surface area (Å²) in [5.41, 5.74) is 0.556. The number of hydrogen-bond donors (Lipinski definition) is 2. The van der Waals surface area contributed by atoms with Crippen molar-refractivity contribution in [3.8, 4) is 0 Å². The van der Waals surface area contributed by atoms with E-state index in [1.54, 1.807) is 4.90 Å². The Morgan fingerprint density at radius 1 is 1.30 bits per heavy atom. The lowest BCUT2D eigenvalue weighted by molar-refractivity contribution is -0.129. The number of benzene rings is 1. The van der Waals surface area contributed by atoms with E-state index in [1.165, 1.54) is 18.2 Å². The van der Waals surface area contributed by atoms with E-state index in [1.807, 2.05) is 0 Å². The number of halogens is 2. The summed E-state index contributed by atoms with van der Waals surface area (Å²) in [5, 5.41) is 6.05. The number of amides is 2. The van der Waals surface area contributed by atoms with Crippen molar-refractivity contribution in [3.63, 3.8) is 0 Å². The Hall–Kier alpha value is -1.66. The van der Waals surface area contributed by atoms with Crippen LogP contribution in [0.1, 0.15) is 19.3 Å². The molecule has 1 aromatic rings. The van der Waals surface area contributed by atoms with Gasteiger partial charge in [0.1, 0.15) is 11.9 Å². The van der Waals surface area contributed by atoms with Crippen molar-refractivity contribution in [1.29, 1.82) is 0 Å². The summed E-state index contributed by atoms with van der Waals surface area (Å²) in [5.74, 6) is -0.769. The minimum absolute atomic E-state index is 0.0162. The number of piperidine rings is 1. The summed E-state index contributed by atoms with van der Waals surface area (Å²) < 4.78 is 13.2. The van der Waals surface area contributed by atoms with Crippen LogP contribution in [0.5, 0.6) is 0 Å². The van der Waals surface area contributed by atoms with Gasteiger partial charge in [-0.05, 0) is 50.6 Å². The summed E-state index contributed by atoms with van der Waals surface area (Å²) in [4.78, 5) is 26.3. The van der Waals surface area contributed by atoms with Gasteiger partial charge in [-0.25, -0.2) is 4.39 Å². The molecule has 0 aliphatic carbocycles. The largest absolute Gasteiger partial charge is 0.344 e. The van der Waals surface area contributed by atoms with Gasteiger partial charge < -0.3 is 15.5 Å². The van der Waals surface area contributed by atoms with Crippen LogP contribution in [0.2, 0.25) is 5.02 Å². The zero-order valence-corrected chi connectivity index (χ0v) is 13.4. The highest BCUT2D eigenvalue weighted by Gasteiger charge is 2.35. The first-order chi connectivity index (χ1) is 11.1. The molecule has 0 aromatic heterocycles. The molecule has 7 heteroatoms. The summed E-state index contributed by atoms with van der Waals surface area (Å²) in [6, 6.07) is 3.69. The van der Waals surface area contributed by atoms with Crippen LogP contribution in [0.4, 0.5) is 10.1 Å². The SMILES string of the molecule is O=C(NC1CCN(c2ccc(F)c(Cl)c2)C1=O)C1CCNCC1. The van der Waals surface area contributed by atoms with Crippen LogP contribution in [0, 0.1) is 11.7 Å². The first kappa shape index (κ1) is 16.2. The van der Waals surface area contributed by atoms with Crippen molar-refractivity contribution in [3.05, 3.63) is 29.0 Å². The van der Waals surface area contributed by atoms with Crippen molar-refractivity contribution < 1.29 is 14.0 Å². The molecule has 2 fully saturated rings. The molecule has 2 heterocycles. The second-order valence-electron chi connectivity index (χ2n) is 5.96. The first-order valence-electron chi connectivity index (χ1n) is 7.84. The standard InChI is InChI=1S/C16H19ClFN3O2/c17-12-9-11(1-2-13(12)18)21-8-5-14(16(21)23)20-15(22)10-3-6-19-7-4-10/h1-2,9-10,14,19H,3-8H2,(H,20,22). The van der Waals surface area contributed by atoms with Gasteiger partial charge in [0.15, 0.2) is 0 Å². The highest BCUT2D eigenvalue weighted by Crippen LogP contribution is 2.26. The second kappa shape index (κ2) is 6.84. The van der Waals surface area contributed by atoms with Gasteiger partial charge in [-0.15, -0.1) is 0 Å². The highest BCUT2D eigenvalue weighted by molar-refractivity contribution is 6.31. The Bertz CT molecular complexity index is 619. The molecule has 0 spiro atoms. The molecule has 0 saturated carbocycles. The van der Waals surface area contributed by atoms with E-state index in [4.69, 9.17) is 11.6 Å². The molecule has 1 atom stereocenters. The zero-order chi connectivity index (χ0) is 16.4. The fourth-order valence-corrected chi connectivity index (χ4v) is 3.27. The fourth-order valence-electron chi connectivity index (χ4n) is 3.10. The third kappa shape index (κ3) is 3.48. The van der Waals surface area contributed by atoms with Crippen molar-refractivity contribution in [2.24, 2.45) is 5.92 Å². The average Bonchev–Trinajstić information content (AvgIpc) is 2.92. The average molecular weight is 340 g/mol. The lowest BCUT2D eigenvalue weighted by Crippen LogP contribution is -2.46. The Balaban J connectivity index is 1.64. The molecule has 0 bridgehead atoms. The maximum atomic E-state index is 13.2. The molecular formula is C16H19ClFN3O2. The number of nitrogens with one attached hydrogen (secondary N) is 2. The molecule has 3 rings (SSSR count). The maximum Gasteiger partial charge on any atom is 0.249 e. The Morgan fingerprint density at radius 2 is 2.04 bits per heavy atom. The molecule has 2 saturated heterocycles. The second-order valence-corrected chi connectivity index (χ2v) is 6.37. The van der Waals surface area contributed by atoms with Crippen LogP contribution in [0.3, 0.4) is 0 Å². The molecule has 124 valence electrons. The maximum absolute atomic E-state index is 13.2. The lowest BCUT2D eigenvalue weighted by Gasteiger charge is -2.23. The van der Waals surface area contributed by atoms with E-state index in [0.717, 1.165) is 25.9 Å². The fraction of sp³-hybridized carbons (Fsp3) is 0.500. The summed E-state index contributed by atoms with van der Waals surface area (Å²) in [6.07, 6.45) is 2.14. The van der Waals surface area contributed by atoms with E-state index in [2.05, 4.69) is 10.6 Å². The third-order valence-corrected chi connectivity index (χ3v) is 4.74. The quantitative estimate of drug-likeness (QED) is 0.881. The van der Waals surface area contributed by atoms with Gasteiger partial charge in [0.2, 0.25) is 11.8 Å². The van der Waals surface area contributed by atoms with Crippen molar-refractivity contribution in [2.45, 2.75) is 25.3 Å². The number of carbonyl (C=O) groups excluding carboxylic acids is 2. The molecule has 2 aliphatic heterocycles. The molecule has 2 amide bonds. The van der Waals surface area contributed by atoms with E-state index in [9.17, 15) is 14.0 Å². The van der Waals surface area contributed by atoms with Gasteiger partial charge in [0.05, 0.1) is 5.02 Å². The van der Waals surface area contributed by atoms with E-state index in [-0.39, 0.29) is 22.8 Å². The van der Waals surface area contributed by atoms with Crippen LogP contribution in [0.25, 0.3) is 0 Å². The van der Waals surface area contributed by atoms with Crippen molar-refractivity contribution >= 4 is 29.1 Å². The number of carbonyl (C=O) groups is 2. The van der Waals surface area contributed by atoms with Crippen LogP contribution in [-0.2, 0) is 9.59 Å². The number of anilines is 1. The molecule has 23 heavy (non-hydrogen) atoms. The monoisotopic (exact) mass is 339 g/mol. The van der Waals surface area contributed by atoms with Gasteiger partial charge in [0.25, 0.3) is 0 Å². The lowest BCUT2D eigenvalue weighted by atomic mass is 9.97. The molecule has 5 nitrogen and oxygen atoms in total. The minimum Gasteiger partial charge on any atom is -0.344 e. The summed E-state index contributed by atoms with van der Waals surface area (Å²) in [7, 11) is 0. The predicted octanol–water partition coefficient (Wildman–Crippen LogP) is 1.70. The van der Waals surface area contributed by atoms with Crippen LogP contribution >= 0.6 is 11.6 Å². The smallest absolute Gasteiger partial charge is 0.249 e. The Kier molecular flexibility index (Phi) is 4.82. The Morgan fingerprint density at radius 3 is 2.74 bits per heavy atom. The van der Waals surface area contributed by atoms with Gasteiger partial charge in [-0.2, -0.15) is 0 Å². The molecule has 2 N–H and O–H groups in total. The van der Waals surface area contributed by atoms with Gasteiger partial charge in [-0.1, -0.05) is 11.6 Å². The van der Waals surface area contributed by atoms with Crippen molar-refractivity contribution in [1.82, 2.24) is 10.6 Å². The number of rotatable bonds is 3. The zero-order valence-electron chi connectivity index (χ0n) is 12.6. The highest BCUT2D eigenvalue weighted by atomic mass is 35.5. The van der Waals surface area contributed by atoms with Gasteiger partial charge in [0, 0.05) is 18.2 Å². The van der Waals surface area contributed by atoms with Crippen molar-refractivity contribution in [2.75, 3.05) is 24.5 Å². The Labute approximate surface area is 139 Å². The topological polar surface area (TPSA) is 61.4 Å². The molecule has 1 aromatic carbocycles. The van der Waals surface area contributed by atoms with Crippen LogP contribution in [0.15, 0.2) is 18.2 Å². The molecule has 1 unspecified atom stereocenters. The van der Waals surface area contributed by atoms with Gasteiger partial charge >= 0.3 is 0 Å². The normalized spacial score (nSPS) is 22.4.